The lowest BCUT2D eigenvalue weighted by molar-refractivity contribution is -0.191. The number of nitrogens with two attached hydrogens (primary N) is 1. The number of likely N-dealkylation sites (tertiary alicyclic amines) is 1. The van der Waals surface area contributed by atoms with E-state index < -0.39 is 0 Å². The maximum atomic E-state index is 6.35. The van der Waals surface area contributed by atoms with Crippen LogP contribution in [0.4, 0.5) is 0 Å². The highest BCUT2D eigenvalue weighted by molar-refractivity contribution is 4.97. The van der Waals surface area contributed by atoms with Crippen LogP contribution in [0.5, 0.6) is 0 Å². The Labute approximate surface area is 115 Å². The van der Waals surface area contributed by atoms with Crippen LogP contribution in [0.3, 0.4) is 0 Å². The van der Waals surface area contributed by atoms with Crippen LogP contribution < -0.4 is 5.73 Å². The van der Waals surface area contributed by atoms with Gasteiger partial charge in [-0.05, 0) is 25.3 Å². The van der Waals surface area contributed by atoms with Crippen molar-refractivity contribution in [1.29, 1.82) is 0 Å². The Balaban J connectivity index is 1.62. The van der Waals surface area contributed by atoms with Gasteiger partial charge in [0.2, 0.25) is 0 Å². The summed E-state index contributed by atoms with van der Waals surface area (Å²) in [5.41, 5.74) is 6.35. The summed E-state index contributed by atoms with van der Waals surface area (Å²) < 4.78 is 17.0. The molecule has 0 amide bonds. The van der Waals surface area contributed by atoms with E-state index in [1.54, 1.807) is 7.11 Å². The van der Waals surface area contributed by atoms with Crippen LogP contribution in [0.1, 0.15) is 25.7 Å². The van der Waals surface area contributed by atoms with Gasteiger partial charge >= 0.3 is 0 Å². The average Bonchev–Trinajstić information content (AvgIpc) is 3.03. The molecular formula is C14H26N2O3. The molecule has 0 aromatic carbocycles. The Kier molecular flexibility index (Phi) is 4.10. The van der Waals surface area contributed by atoms with Gasteiger partial charge in [-0.25, -0.2) is 0 Å². The third-order valence-electron chi connectivity index (χ3n) is 4.88. The molecule has 1 saturated carbocycles. The van der Waals surface area contributed by atoms with E-state index in [1.165, 1.54) is 6.42 Å². The molecule has 2 heterocycles. The van der Waals surface area contributed by atoms with Gasteiger partial charge < -0.3 is 19.9 Å². The molecule has 0 aromatic heterocycles. The molecule has 0 radical (unpaired) electrons. The molecule has 0 aromatic rings. The van der Waals surface area contributed by atoms with E-state index in [2.05, 4.69) is 4.90 Å². The summed E-state index contributed by atoms with van der Waals surface area (Å²) in [4.78, 5) is 2.53. The van der Waals surface area contributed by atoms with Gasteiger partial charge in [-0.3, -0.25) is 4.90 Å². The summed E-state index contributed by atoms with van der Waals surface area (Å²) in [6.45, 7) is 4.55. The second-order valence-electron chi connectivity index (χ2n) is 6.19. The van der Waals surface area contributed by atoms with E-state index in [9.17, 15) is 0 Å². The van der Waals surface area contributed by atoms with Gasteiger partial charge in [-0.2, -0.15) is 0 Å². The maximum Gasteiger partial charge on any atom is 0.170 e. The summed E-state index contributed by atoms with van der Waals surface area (Å²) in [5, 5.41) is 0. The highest BCUT2D eigenvalue weighted by Crippen LogP contribution is 2.38. The maximum absolute atomic E-state index is 6.35. The van der Waals surface area contributed by atoms with Crippen LogP contribution in [0, 0.1) is 5.92 Å². The first-order valence-electron chi connectivity index (χ1n) is 7.49. The fraction of sp³-hybridized carbons (Fsp3) is 1.00. The SMILES string of the molecule is COCC1CCN(C2CC3(CCC2N)OCCO3)C1. The lowest BCUT2D eigenvalue weighted by atomic mass is 9.85. The standard InChI is InChI=1S/C14H26N2O3/c1-17-10-11-3-5-16(9-11)13-8-14(4-2-12(13)15)18-6-7-19-14/h11-13H,2-10,15H2,1H3. The van der Waals surface area contributed by atoms with Gasteiger partial charge in [-0.15, -0.1) is 0 Å². The molecule has 5 heteroatoms. The van der Waals surface area contributed by atoms with E-state index in [0.29, 0.717) is 12.0 Å². The van der Waals surface area contributed by atoms with Crippen molar-refractivity contribution in [2.75, 3.05) is 40.0 Å². The van der Waals surface area contributed by atoms with Crippen LogP contribution in [0.15, 0.2) is 0 Å². The largest absolute Gasteiger partial charge is 0.384 e. The molecular weight excluding hydrogens is 244 g/mol. The topological polar surface area (TPSA) is 57.0 Å². The fourth-order valence-corrected chi connectivity index (χ4v) is 3.85. The third kappa shape index (κ3) is 2.81. The molecule has 5 nitrogen and oxygen atoms in total. The van der Waals surface area contributed by atoms with Crippen molar-refractivity contribution < 1.29 is 14.2 Å². The number of hydrogen-bond donors (Lipinski definition) is 1. The first-order valence-corrected chi connectivity index (χ1v) is 7.49. The highest BCUT2D eigenvalue weighted by atomic mass is 16.7. The van der Waals surface area contributed by atoms with Crippen molar-refractivity contribution in [2.45, 2.75) is 43.6 Å². The zero-order valence-corrected chi connectivity index (χ0v) is 11.8. The minimum absolute atomic E-state index is 0.250. The molecule has 1 aliphatic carbocycles. The lowest BCUT2D eigenvalue weighted by Crippen LogP contribution is -2.55. The Hall–Kier alpha value is -0.200. The number of ether oxygens (including phenoxy) is 3. The van der Waals surface area contributed by atoms with E-state index in [0.717, 1.165) is 52.2 Å². The second-order valence-corrected chi connectivity index (χ2v) is 6.19. The van der Waals surface area contributed by atoms with Crippen LogP contribution in [0.2, 0.25) is 0 Å². The molecule has 0 bridgehead atoms. The van der Waals surface area contributed by atoms with Gasteiger partial charge in [0.25, 0.3) is 0 Å². The molecule has 2 saturated heterocycles. The minimum Gasteiger partial charge on any atom is -0.384 e. The second kappa shape index (κ2) is 5.66. The van der Waals surface area contributed by atoms with Crippen LogP contribution >= 0.6 is 0 Å². The smallest absolute Gasteiger partial charge is 0.170 e. The van der Waals surface area contributed by atoms with Crippen LogP contribution in [-0.2, 0) is 14.2 Å². The minimum atomic E-state index is -0.333. The predicted octanol–water partition coefficient (Wildman–Crippen LogP) is 0.578. The first kappa shape index (κ1) is 13.8. The third-order valence-corrected chi connectivity index (χ3v) is 4.88. The van der Waals surface area contributed by atoms with Crippen molar-refractivity contribution in [2.24, 2.45) is 11.7 Å². The molecule has 3 atom stereocenters. The molecule has 110 valence electrons. The molecule has 1 spiro atoms. The van der Waals surface area contributed by atoms with Gasteiger partial charge in [-0.1, -0.05) is 0 Å². The average molecular weight is 270 g/mol. The summed E-state index contributed by atoms with van der Waals surface area (Å²) in [7, 11) is 1.78. The van der Waals surface area contributed by atoms with Crippen molar-refractivity contribution in [3.63, 3.8) is 0 Å². The molecule has 2 aliphatic heterocycles. The Bertz CT molecular complexity index is 307. The van der Waals surface area contributed by atoms with Crippen LogP contribution in [0.25, 0.3) is 0 Å². The molecule has 19 heavy (non-hydrogen) atoms. The monoisotopic (exact) mass is 270 g/mol. The highest BCUT2D eigenvalue weighted by Gasteiger charge is 2.46. The molecule has 3 unspecified atom stereocenters. The van der Waals surface area contributed by atoms with Crippen molar-refractivity contribution in [3.05, 3.63) is 0 Å². The molecule has 2 N–H and O–H groups in total. The van der Waals surface area contributed by atoms with Gasteiger partial charge in [0, 0.05) is 38.6 Å². The van der Waals surface area contributed by atoms with Crippen molar-refractivity contribution in [3.8, 4) is 0 Å². The quantitative estimate of drug-likeness (QED) is 0.813. The van der Waals surface area contributed by atoms with E-state index in [4.69, 9.17) is 19.9 Å². The Morgan fingerprint density at radius 2 is 2.11 bits per heavy atom. The predicted molar refractivity (Wildman–Crippen MR) is 71.8 cm³/mol. The number of methoxy groups -OCH3 is 1. The number of hydrogen-bond acceptors (Lipinski definition) is 5. The summed E-state index contributed by atoms with van der Waals surface area (Å²) >= 11 is 0. The summed E-state index contributed by atoms with van der Waals surface area (Å²) in [6.07, 6.45) is 4.08. The van der Waals surface area contributed by atoms with Crippen molar-refractivity contribution in [1.82, 2.24) is 4.90 Å². The van der Waals surface area contributed by atoms with E-state index >= 15 is 0 Å². The molecule has 3 aliphatic rings. The summed E-state index contributed by atoms with van der Waals surface area (Å²) in [6, 6.07) is 0.647. The molecule has 3 fully saturated rings. The normalized spacial score (nSPS) is 39.2. The fourth-order valence-electron chi connectivity index (χ4n) is 3.85. The number of rotatable bonds is 3. The lowest BCUT2D eigenvalue weighted by Gasteiger charge is -2.43. The zero-order valence-electron chi connectivity index (χ0n) is 11.8. The van der Waals surface area contributed by atoms with Gasteiger partial charge in [0.15, 0.2) is 5.79 Å². The van der Waals surface area contributed by atoms with E-state index in [1.807, 2.05) is 0 Å². The Morgan fingerprint density at radius 3 is 2.84 bits per heavy atom. The first-order chi connectivity index (χ1) is 9.22. The Morgan fingerprint density at radius 1 is 1.32 bits per heavy atom. The number of nitrogens with zero attached hydrogens (tertiary/aromatic N) is 1. The van der Waals surface area contributed by atoms with E-state index in [-0.39, 0.29) is 11.8 Å². The van der Waals surface area contributed by atoms with Crippen molar-refractivity contribution >= 4 is 0 Å². The zero-order chi connectivity index (χ0) is 13.3. The van der Waals surface area contributed by atoms with Gasteiger partial charge in [0.05, 0.1) is 19.8 Å². The molecule has 3 rings (SSSR count). The van der Waals surface area contributed by atoms with Crippen LogP contribution in [-0.4, -0.2) is 62.8 Å². The summed E-state index contributed by atoms with van der Waals surface area (Å²) in [5.74, 6) is 0.320. The van der Waals surface area contributed by atoms with Gasteiger partial charge in [0.1, 0.15) is 0 Å².